The fraction of sp³-hybridized carbons (Fsp3) is 0.353. The fourth-order valence-electron chi connectivity index (χ4n) is 2.41. The summed E-state index contributed by atoms with van der Waals surface area (Å²) in [6.45, 7) is 0. The van der Waals surface area contributed by atoms with Crippen molar-refractivity contribution in [3.8, 4) is 5.75 Å². The number of halogens is 1. The van der Waals surface area contributed by atoms with E-state index in [4.69, 9.17) is 4.74 Å². The molecule has 0 amide bonds. The minimum atomic E-state index is 0.411. The van der Waals surface area contributed by atoms with Gasteiger partial charge in [0.15, 0.2) is 0 Å². The van der Waals surface area contributed by atoms with E-state index in [0.717, 1.165) is 29.5 Å². The number of hydrogen-bond donors (Lipinski definition) is 1. The quantitative estimate of drug-likeness (QED) is 0.829. The lowest BCUT2D eigenvalue weighted by molar-refractivity contribution is 0.404. The minimum Gasteiger partial charge on any atom is -0.496 e. The van der Waals surface area contributed by atoms with Crippen molar-refractivity contribution in [2.45, 2.75) is 25.3 Å². The van der Waals surface area contributed by atoms with Crippen LogP contribution in [0.1, 0.15) is 17.5 Å². The van der Waals surface area contributed by atoms with Crippen LogP contribution < -0.4 is 10.1 Å². The zero-order chi connectivity index (χ0) is 15.1. The Kier molecular flexibility index (Phi) is 6.21. The summed E-state index contributed by atoms with van der Waals surface area (Å²) in [5.41, 5.74) is 2.50. The Morgan fingerprint density at radius 3 is 2.86 bits per heavy atom. The van der Waals surface area contributed by atoms with E-state index in [0.29, 0.717) is 6.04 Å². The molecule has 0 aliphatic heterocycles. The molecule has 0 fully saturated rings. The Bertz CT molecular complexity index is 560. The van der Waals surface area contributed by atoms with Crippen LogP contribution in [0.4, 0.5) is 0 Å². The number of aryl methyl sites for hydroxylation is 1. The van der Waals surface area contributed by atoms with Crippen LogP contribution in [0, 0.1) is 0 Å². The highest BCUT2D eigenvalue weighted by Crippen LogP contribution is 2.24. The highest BCUT2D eigenvalue weighted by atomic mass is 79.9. The summed E-state index contributed by atoms with van der Waals surface area (Å²) in [5, 5.41) is 3.40. The molecule has 0 bridgehead atoms. The van der Waals surface area contributed by atoms with Crippen molar-refractivity contribution in [1.82, 2.24) is 10.3 Å². The van der Waals surface area contributed by atoms with Crippen molar-refractivity contribution in [2.24, 2.45) is 0 Å². The van der Waals surface area contributed by atoms with Gasteiger partial charge in [-0.15, -0.1) is 0 Å². The number of nitrogens with zero attached hydrogens (tertiary/aromatic N) is 1. The van der Waals surface area contributed by atoms with E-state index in [9.17, 15) is 0 Å². The normalized spacial score (nSPS) is 12.1. The Labute approximate surface area is 134 Å². The van der Waals surface area contributed by atoms with Crippen LogP contribution in [0.25, 0.3) is 0 Å². The molecule has 1 aromatic heterocycles. The second-order valence-electron chi connectivity index (χ2n) is 5.05. The van der Waals surface area contributed by atoms with Gasteiger partial charge < -0.3 is 10.1 Å². The Balaban J connectivity index is 2.00. The minimum absolute atomic E-state index is 0.411. The molecule has 21 heavy (non-hydrogen) atoms. The van der Waals surface area contributed by atoms with Crippen molar-refractivity contribution in [3.05, 3.63) is 58.3 Å². The van der Waals surface area contributed by atoms with Gasteiger partial charge in [0.25, 0.3) is 0 Å². The molecule has 0 saturated heterocycles. The Morgan fingerprint density at radius 1 is 1.33 bits per heavy atom. The third kappa shape index (κ3) is 4.83. The molecule has 0 radical (unpaired) electrons. The van der Waals surface area contributed by atoms with E-state index < -0.39 is 0 Å². The molecule has 0 aliphatic rings. The van der Waals surface area contributed by atoms with Crippen molar-refractivity contribution in [2.75, 3.05) is 14.2 Å². The van der Waals surface area contributed by atoms with E-state index in [1.165, 1.54) is 11.1 Å². The predicted octanol–water partition coefficient (Wildman–Crippen LogP) is 3.62. The second-order valence-corrected chi connectivity index (χ2v) is 5.96. The SMILES string of the molecule is CNC(CCc1cccnc1)Cc1cc(Br)ccc1OC. The van der Waals surface area contributed by atoms with Gasteiger partial charge in [0.05, 0.1) is 7.11 Å². The average Bonchev–Trinajstić information content (AvgIpc) is 2.52. The third-order valence-corrected chi connectivity index (χ3v) is 4.11. The van der Waals surface area contributed by atoms with Crippen LogP contribution in [-0.2, 0) is 12.8 Å². The first kappa shape index (κ1) is 16.0. The third-order valence-electron chi connectivity index (χ3n) is 3.62. The molecule has 4 heteroatoms. The van der Waals surface area contributed by atoms with Gasteiger partial charge >= 0.3 is 0 Å². The lowest BCUT2D eigenvalue weighted by atomic mass is 9.99. The monoisotopic (exact) mass is 348 g/mol. The molecule has 2 aromatic rings. The summed E-state index contributed by atoms with van der Waals surface area (Å²) in [7, 11) is 3.73. The molecule has 3 nitrogen and oxygen atoms in total. The molecule has 1 atom stereocenters. The smallest absolute Gasteiger partial charge is 0.122 e. The molecule has 1 heterocycles. The zero-order valence-electron chi connectivity index (χ0n) is 12.5. The average molecular weight is 349 g/mol. The number of hydrogen-bond acceptors (Lipinski definition) is 3. The van der Waals surface area contributed by atoms with Crippen LogP contribution >= 0.6 is 15.9 Å². The molecule has 2 rings (SSSR count). The highest BCUT2D eigenvalue weighted by Gasteiger charge is 2.12. The van der Waals surface area contributed by atoms with Gasteiger partial charge in [-0.25, -0.2) is 0 Å². The zero-order valence-corrected chi connectivity index (χ0v) is 14.1. The number of pyridine rings is 1. The first-order chi connectivity index (χ1) is 10.2. The van der Waals surface area contributed by atoms with Gasteiger partial charge in [0.1, 0.15) is 5.75 Å². The summed E-state index contributed by atoms with van der Waals surface area (Å²) in [6, 6.07) is 10.7. The maximum absolute atomic E-state index is 5.45. The summed E-state index contributed by atoms with van der Waals surface area (Å²) in [4.78, 5) is 4.16. The molecule has 1 aromatic carbocycles. The highest BCUT2D eigenvalue weighted by molar-refractivity contribution is 9.10. The maximum Gasteiger partial charge on any atom is 0.122 e. The number of methoxy groups -OCH3 is 1. The van der Waals surface area contributed by atoms with E-state index >= 15 is 0 Å². The van der Waals surface area contributed by atoms with Crippen molar-refractivity contribution in [1.29, 1.82) is 0 Å². The first-order valence-corrected chi connectivity index (χ1v) is 7.91. The lowest BCUT2D eigenvalue weighted by Gasteiger charge is -2.18. The molecule has 0 spiro atoms. The molecule has 0 saturated carbocycles. The van der Waals surface area contributed by atoms with Crippen molar-refractivity contribution >= 4 is 15.9 Å². The molecule has 1 N–H and O–H groups in total. The van der Waals surface area contributed by atoms with Gasteiger partial charge in [-0.3, -0.25) is 4.98 Å². The number of aromatic nitrogens is 1. The van der Waals surface area contributed by atoms with Gasteiger partial charge in [-0.05, 0) is 61.7 Å². The molecule has 1 unspecified atom stereocenters. The van der Waals surface area contributed by atoms with Crippen LogP contribution in [0.15, 0.2) is 47.2 Å². The van der Waals surface area contributed by atoms with Crippen LogP contribution in [-0.4, -0.2) is 25.2 Å². The topological polar surface area (TPSA) is 34.2 Å². The first-order valence-electron chi connectivity index (χ1n) is 7.11. The summed E-state index contributed by atoms with van der Waals surface area (Å²) >= 11 is 3.53. The van der Waals surface area contributed by atoms with Crippen LogP contribution in [0.2, 0.25) is 0 Å². The number of likely N-dealkylation sites (N-methyl/N-ethyl adjacent to an activating group) is 1. The summed E-state index contributed by atoms with van der Waals surface area (Å²) in [6.07, 6.45) is 6.78. The second kappa shape index (κ2) is 8.15. The van der Waals surface area contributed by atoms with E-state index in [2.05, 4.69) is 38.4 Å². The van der Waals surface area contributed by atoms with E-state index in [1.807, 2.05) is 37.6 Å². The summed E-state index contributed by atoms with van der Waals surface area (Å²) in [5.74, 6) is 0.944. The fourth-order valence-corrected chi connectivity index (χ4v) is 2.82. The van der Waals surface area contributed by atoms with E-state index in [-0.39, 0.29) is 0 Å². The Morgan fingerprint density at radius 2 is 2.19 bits per heavy atom. The largest absolute Gasteiger partial charge is 0.496 e. The molecule has 112 valence electrons. The summed E-state index contributed by atoms with van der Waals surface area (Å²) < 4.78 is 6.53. The van der Waals surface area contributed by atoms with Crippen LogP contribution in [0.3, 0.4) is 0 Å². The Hall–Kier alpha value is -1.39. The number of benzene rings is 1. The molecular formula is C17H21BrN2O. The number of nitrogens with one attached hydrogen (secondary N) is 1. The predicted molar refractivity (Wildman–Crippen MR) is 89.8 cm³/mol. The van der Waals surface area contributed by atoms with Crippen molar-refractivity contribution in [3.63, 3.8) is 0 Å². The molecular weight excluding hydrogens is 328 g/mol. The van der Waals surface area contributed by atoms with Crippen LogP contribution in [0.5, 0.6) is 5.75 Å². The molecule has 0 aliphatic carbocycles. The number of ether oxygens (including phenoxy) is 1. The number of rotatable bonds is 7. The standard InChI is InChI=1S/C17H21BrN2O/c1-19-16(7-5-13-4-3-9-20-12-13)11-14-10-15(18)6-8-17(14)21-2/h3-4,6,8-10,12,16,19H,5,7,11H2,1-2H3. The van der Waals surface area contributed by atoms with Crippen molar-refractivity contribution < 1.29 is 4.74 Å². The maximum atomic E-state index is 5.45. The van der Waals surface area contributed by atoms with Gasteiger partial charge in [-0.1, -0.05) is 22.0 Å². The lowest BCUT2D eigenvalue weighted by Crippen LogP contribution is -2.28. The van der Waals surface area contributed by atoms with Gasteiger partial charge in [0, 0.05) is 22.9 Å². The van der Waals surface area contributed by atoms with E-state index in [1.54, 1.807) is 7.11 Å². The van der Waals surface area contributed by atoms with Gasteiger partial charge in [-0.2, -0.15) is 0 Å². The van der Waals surface area contributed by atoms with Gasteiger partial charge in [0.2, 0.25) is 0 Å².